The number of halogens is 1. The van der Waals surface area contributed by atoms with Crippen LogP contribution in [0.4, 0.5) is 4.79 Å². The molecule has 0 saturated carbocycles. The SMILES string of the molecule is CCOc1c(Cl)cc(/C=N\N2C(=O)N[C@](CC)(c3ccccc3)C2=O)cc1OC. The fourth-order valence-electron chi connectivity index (χ4n) is 3.25. The second-order valence-corrected chi connectivity index (χ2v) is 6.79. The molecule has 1 atom stereocenters. The van der Waals surface area contributed by atoms with Crippen LogP contribution in [0.5, 0.6) is 11.5 Å². The molecule has 7 nitrogen and oxygen atoms in total. The minimum absolute atomic E-state index is 0.344. The molecule has 1 fully saturated rings. The Morgan fingerprint density at radius 2 is 1.93 bits per heavy atom. The Kier molecular flexibility index (Phi) is 6.08. The van der Waals surface area contributed by atoms with Crippen LogP contribution in [0.15, 0.2) is 47.6 Å². The first-order valence-corrected chi connectivity index (χ1v) is 9.61. The first-order chi connectivity index (χ1) is 14.0. The lowest BCUT2D eigenvalue weighted by Crippen LogP contribution is -2.43. The monoisotopic (exact) mass is 415 g/mol. The summed E-state index contributed by atoms with van der Waals surface area (Å²) in [6.45, 7) is 4.12. The van der Waals surface area contributed by atoms with Crippen LogP contribution < -0.4 is 14.8 Å². The van der Waals surface area contributed by atoms with Gasteiger partial charge in [0.2, 0.25) is 0 Å². The largest absolute Gasteiger partial charge is 0.493 e. The fraction of sp³-hybridized carbons (Fsp3) is 0.286. The average molecular weight is 416 g/mol. The third kappa shape index (κ3) is 3.78. The van der Waals surface area contributed by atoms with Crippen molar-refractivity contribution in [1.29, 1.82) is 0 Å². The maximum atomic E-state index is 13.1. The van der Waals surface area contributed by atoms with Crippen molar-refractivity contribution in [3.63, 3.8) is 0 Å². The molecule has 1 aliphatic heterocycles. The van der Waals surface area contributed by atoms with E-state index in [2.05, 4.69) is 10.4 Å². The number of rotatable bonds is 7. The summed E-state index contributed by atoms with van der Waals surface area (Å²) in [6.07, 6.45) is 1.79. The fourth-order valence-corrected chi connectivity index (χ4v) is 3.53. The summed E-state index contributed by atoms with van der Waals surface area (Å²) in [5, 5.41) is 8.08. The molecule has 1 saturated heterocycles. The maximum Gasteiger partial charge on any atom is 0.346 e. The molecular weight excluding hydrogens is 394 g/mol. The molecule has 0 aliphatic carbocycles. The quantitative estimate of drug-likeness (QED) is 0.548. The number of urea groups is 1. The van der Waals surface area contributed by atoms with Gasteiger partial charge in [-0.3, -0.25) is 4.79 Å². The van der Waals surface area contributed by atoms with Crippen LogP contribution in [0.3, 0.4) is 0 Å². The normalized spacial score (nSPS) is 19.0. The number of imide groups is 1. The van der Waals surface area contributed by atoms with E-state index in [9.17, 15) is 9.59 Å². The van der Waals surface area contributed by atoms with Gasteiger partial charge in [-0.25, -0.2) is 4.79 Å². The standard InChI is InChI=1S/C21H22ClN3O4/c1-4-21(15-9-7-6-8-10-15)19(26)25(20(27)24-21)23-13-14-11-16(22)18(29-5-2)17(12-14)28-3/h6-13H,4-5H2,1-3H3,(H,24,27)/b23-13-/t21-/m1/s1. The minimum atomic E-state index is -1.14. The predicted molar refractivity (Wildman–Crippen MR) is 111 cm³/mol. The van der Waals surface area contributed by atoms with E-state index in [0.717, 1.165) is 5.01 Å². The van der Waals surface area contributed by atoms with Crippen molar-refractivity contribution in [2.75, 3.05) is 13.7 Å². The van der Waals surface area contributed by atoms with E-state index >= 15 is 0 Å². The molecule has 1 N–H and O–H groups in total. The van der Waals surface area contributed by atoms with E-state index in [1.807, 2.05) is 44.2 Å². The van der Waals surface area contributed by atoms with Crippen molar-refractivity contribution in [2.24, 2.45) is 5.10 Å². The lowest BCUT2D eigenvalue weighted by atomic mass is 9.87. The molecule has 3 amide bonds. The molecule has 0 aromatic heterocycles. The van der Waals surface area contributed by atoms with Gasteiger partial charge in [0.05, 0.1) is 25.0 Å². The number of amides is 3. The zero-order valence-electron chi connectivity index (χ0n) is 16.4. The molecule has 0 unspecified atom stereocenters. The van der Waals surface area contributed by atoms with E-state index in [1.54, 1.807) is 12.1 Å². The van der Waals surface area contributed by atoms with Crippen molar-refractivity contribution in [3.8, 4) is 11.5 Å². The number of benzene rings is 2. The van der Waals surface area contributed by atoms with Crippen molar-refractivity contribution in [2.45, 2.75) is 25.8 Å². The van der Waals surface area contributed by atoms with Crippen LogP contribution in [0, 0.1) is 0 Å². The summed E-state index contributed by atoms with van der Waals surface area (Å²) in [7, 11) is 1.50. The minimum Gasteiger partial charge on any atom is -0.493 e. The van der Waals surface area contributed by atoms with Gasteiger partial charge in [0.25, 0.3) is 5.91 Å². The molecule has 8 heteroatoms. The highest BCUT2D eigenvalue weighted by atomic mass is 35.5. The predicted octanol–water partition coefficient (Wildman–Crippen LogP) is 3.94. The third-order valence-electron chi connectivity index (χ3n) is 4.73. The smallest absolute Gasteiger partial charge is 0.346 e. The van der Waals surface area contributed by atoms with Crippen LogP contribution in [-0.4, -0.2) is 36.9 Å². The van der Waals surface area contributed by atoms with Crippen LogP contribution in [0.2, 0.25) is 5.02 Å². The van der Waals surface area contributed by atoms with E-state index in [1.165, 1.54) is 13.3 Å². The number of methoxy groups -OCH3 is 1. The average Bonchev–Trinajstić information content (AvgIpc) is 2.99. The van der Waals surface area contributed by atoms with Crippen LogP contribution in [0.25, 0.3) is 0 Å². The molecule has 0 radical (unpaired) electrons. The van der Waals surface area contributed by atoms with E-state index < -0.39 is 17.5 Å². The van der Waals surface area contributed by atoms with E-state index in [-0.39, 0.29) is 0 Å². The van der Waals surface area contributed by atoms with Crippen molar-refractivity contribution in [3.05, 3.63) is 58.6 Å². The van der Waals surface area contributed by atoms with Crippen LogP contribution in [-0.2, 0) is 10.3 Å². The summed E-state index contributed by atoms with van der Waals surface area (Å²) in [4.78, 5) is 25.6. The zero-order chi connectivity index (χ0) is 21.0. The molecule has 29 heavy (non-hydrogen) atoms. The van der Waals surface area contributed by atoms with Crippen molar-refractivity contribution >= 4 is 29.8 Å². The van der Waals surface area contributed by atoms with Gasteiger partial charge in [0.15, 0.2) is 11.5 Å². The zero-order valence-corrected chi connectivity index (χ0v) is 17.2. The Morgan fingerprint density at radius 3 is 2.55 bits per heavy atom. The highest BCUT2D eigenvalue weighted by Crippen LogP contribution is 2.36. The van der Waals surface area contributed by atoms with Gasteiger partial charge in [0.1, 0.15) is 5.54 Å². The van der Waals surface area contributed by atoms with Crippen LogP contribution in [0.1, 0.15) is 31.4 Å². The number of hydrazone groups is 1. The van der Waals surface area contributed by atoms with E-state index in [0.29, 0.717) is 40.7 Å². The summed E-state index contributed by atoms with van der Waals surface area (Å²) >= 11 is 6.27. The number of nitrogens with zero attached hydrogens (tertiary/aromatic N) is 2. The molecule has 3 rings (SSSR count). The van der Waals surface area contributed by atoms with Crippen molar-refractivity contribution in [1.82, 2.24) is 10.3 Å². The summed E-state index contributed by atoms with van der Waals surface area (Å²) in [5.74, 6) is 0.430. The number of hydrogen-bond donors (Lipinski definition) is 1. The molecule has 2 aromatic carbocycles. The molecular formula is C21H22ClN3O4. The van der Waals surface area contributed by atoms with Gasteiger partial charge in [0, 0.05) is 0 Å². The Morgan fingerprint density at radius 1 is 1.21 bits per heavy atom. The number of carbonyl (C=O) groups is 2. The molecule has 1 aliphatic rings. The molecule has 0 spiro atoms. The summed E-state index contributed by atoms with van der Waals surface area (Å²) in [6, 6.07) is 11.8. The lowest BCUT2D eigenvalue weighted by molar-refractivity contribution is -0.131. The number of carbonyl (C=O) groups excluding carboxylic acids is 2. The topological polar surface area (TPSA) is 80.2 Å². The summed E-state index contributed by atoms with van der Waals surface area (Å²) in [5.41, 5.74) is 0.137. The Bertz CT molecular complexity index is 948. The second kappa shape index (κ2) is 8.53. The highest BCUT2D eigenvalue weighted by Gasteiger charge is 2.51. The van der Waals surface area contributed by atoms with Gasteiger partial charge >= 0.3 is 6.03 Å². The summed E-state index contributed by atoms with van der Waals surface area (Å²) < 4.78 is 10.8. The first-order valence-electron chi connectivity index (χ1n) is 9.23. The maximum absolute atomic E-state index is 13.1. The second-order valence-electron chi connectivity index (χ2n) is 6.38. The van der Waals surface area contributed by atoms with Crippen LogP contribution >= 0.6 is 11.6 Å². The molecule has 152 valence electrons. The Labute approximate surface area is 174 Å². The molecule has 2 aromatic rings. The number of nitrogens with one attached hydrogen (secondary N) is 1. The van der Waals surface area contributed by atoms with Gasteiger partial charge in [-0.2, -0.15) is 5.10 Å². The van der Waals surface area contributed by atoms with Crippen molar-refractivity contribution < 1.29 is 19.1 Å². The Hall–Kier alpha value is -3.06. The highest BCUT2D eigenvalue weighted by molar-refractivity contribution is 6.32. The third-order valence-corrected chi connectivity index (χ3v) is 5.01. The van der Waals surface area contributed by atoms with Gasteiger partial charge < -0.3 is 14.8 Å². The van der Waals surface area contributed by atoms with E-state index in [4.69, 9.17) is 21.1 Å². The van der Waals surface area contributed by atoms with Gasteiger partial charge in [-0.15, -0.1) is 5.01 Å². The molecule has 0 bridgehead atoms. The molecule has 1 heterocycles. The number of ether oxygens (including phenoxy) is 2. The number of hydrogen-bond acceptors (Lipinski definition) is 5. The lowest BCUT2D eigenvalue weighted by Gasteiger charge is -2.24. The Balaban J connectivity index is 1.91. The van der Waals surface area contributed by atoms with Gasteiger partial charge in [-0.1, -0.05) is 48.9 Å². The first kappa shape index (κ1) is 20.7. The van der Waals surface area contributed by atoms with Gasteiger partial charge in [-0.05, 0) is 36.6 Å².